The van der Waals surface area contributed by atoms with Crippen molar-refractivity contribution < 1.29 is 23.0 Å². The number of nitrogens with zero attached hydrogens (tertiary/aromatic N) is 4. The lowest BCUT2D eigenvalue weighted by atomic mass is 9.92. The van der Waals surface area contributed by atoms with E-state index in [1.54, 1.807) is 19.1 Å². The quantitative estimate of drug-likeness (QED) is 0.312. The van der Waals surface area contributed by atoms with Crippen LogP contribution in [0.1, 0.15) is 37.7 Å². The number of hydrogen-bond donors (Lipinski definition) is 2. The van der Waals surface area contributed by atoms with E-state index in [1.165, 1.54) is 18.2 Å². The van der Waals surface area contributed by atoms with Gasteiger partial charge < -0.3 is 20.1 Å². The van der Waals surface area contributed by atoms with E-state index in [0.717, 1.165) is 45.3 Å². The van der Waals surface area contributed by atoms with Gasteiger partial charge in [-0.15, -0.1) is 0 Å². The van der Waals surface area contributed by atoms with Gasteiger partial charge in [-0.3, -0.25) is 4.90 Å². The molecule has 2 N–H and O–H groups in total. The number of aromatic nitrogens is 2. The van der Waals surface area contributed by atoms with Crippen molar-refractivity contribution in [2.45, 2.75) is 62.8 Å². The van der Waals surface area contributed by atoms with E-state index in [9.17, 15) is 9.50 Å². The van der Waals surface area contributed by atoms with Crippen LogP contribution in [0.4, 0.5) is 19.0 Å². The molecule has 4 fully saturated rings. The monoisotopic (exact) mass is 589 g/mol. The zero-order valence-electron chi connectivity index (χ0n) is 24.0. The van der Waals surface area contributed by atoms with Gasteiger partial charge in [-0.2, -0.15) is 9.97 Å². The Morgan fingerprint density at radius 3 is 2.72 bits per heavy atom. The molecule has 1 aromatic heterocycles. The Labute approximate surface area is 247 Å². The number of aromatic hydroxyl groups is 1. The molecule has 4 atom stereocenters. The zero-order valence-corrected chi connectivity index (χ0v) is 24.0. The molecule has 5 heterocycles. The Morgan fingerprint density at radius 2 is 1.91 bits per heavy atom. The van der Waals surface area contributed by atoms with Crippen molar-refractivity contribution in [2.24, 2.45) is 0 Å². The van der Waals surface area contributed by atoms with E-state index in [1.807, 2.05) is 6.07 Å². The van der Waals surface area contributed by atoms with Crippen LogP contribution in [-0.4, -0.2) is 76.6 Å². The summed E-state index contributed by atoms with van der Waals surface area (Å²) in [6.07, 6.45) is 3.47. The second-order valence-electron chi connectivity index (χ2n) is 12.8. The van der Waals surface area contributed by atoms with E-state index >= 15 is 8.78 Å². The Morgan fingerprint density at radius 1 is 1.09 bits per heavy atom. The molecule has 0 saturated carbocycles. The number of halogens is 3. The number of fused-ring (bicyclic) bond motifs is 5. The number of alkyl halides is 1. The van der Waals surface area contributed by atoms with Crippen LogP contribution < -0.4 is 15.0 Å². The third kappa shape index (κ3) is 4.40. The molecule has 0 aliphatic carbocycles. The number of anilines is 1. The number of nitrogens with one attached hydrogen (secondary N) is 1. The highest BCUT2D eigenvalue weighted by molar-refractivity contribution is 6.02. The third-order valence-corrected chi connectivity index (χ3v) is 10.0. The predicted octanol–water partition coefficient (Wildman–Crippen LogP) is 5.64. The molecule has 3 aromatic carbocycles. The van der Waals surface area contributed by atoms with E-state index < -0.39 is 23.3 Å². The van der Waals surface area contributed by atoms with Gasteiger partial charge in [0.2, 0.25) is 0 Å². The highest BCUT2D eigenvalue weighted by Gasteiger charge is 2.49. The third-order valence-electron chi connectivity index (χ3n) is 10.0. The number of ether oxygens (including phenoxy) is 1. The molecule has 43 heavy (non-hydrogen) atoms. The summed E-state index contributed by atoms with van der Waals surface area (Å²) in [5.74, 6) is -0.603. The number of benzene rings is 3. The second-order valence-corrected chi connectivity index (χ2v) is 12.8. The normalized spacial score (nSPS) is 27.0. The molecule has 0 spiro atoms. The summed E-state index contributed by atoms with van der Waals surface area (Å²) < 4.78 is 52.7. The van der Waals surface area contributed by atoms with Gasteiger partial charge in [0, 0.05) is 54.5 Å². The van der Waals surface area contributed by atoms with Gasteiger partial charge in [-0.05, 0) is 79.9 Å². The first-order valence-corrected chi connectivity index (χ1v) is 15.2. The fourth-order valence-corrected chi connectivity index (χ4v) is 8.14. The molecule has 10 heteroatoms. The molecule has 4 aliphatic rings. The minimum Gasteiger partial charge on any atom is -0.508 e. The summed E-state index contributed by atoms with van der Waals surface area (Å²) >= 11 is 0. The van der Waals surface area contributed by atoms with Gasteiger partial charge in [-0.25, -0.2) is 13.2 Å². The molecule has 8 rings (SSSR count). The topological polar surface area (TPSA) is 73.8 Å². The van der Waals surface area contributed by atoms with Gasteiger partial charge in [0.05, 0.1) is 5.54 Å². The largest absolute Gasteiger partial charge is 0.508 e. The molecule has 0 unspecified atom stereocenters. The lowest BCUT2D eigenvalue weighted by Gasteiger charge is -2.35. The number of hydrogen-bond acceptors (Lipinski definition) is 7. The summed E-state index contributed by atoms with van der Waals surface area (Å²) in [6, 6.07) is 10.0. The molecule has 0 radical (unpaired) electrons. The van der Waals surface area contributed by atoms with Gasteiger partial charge in [0.1, 0.15) is 35.7 Å². The smallest absolute Gasteiger partial charge is 0.319 e. The molecular formula is C33H34F3N5O2. The van der Waals surface area contributed by atoms with Crippen molar-refractivity contribution in [1.29, 1.82) is 0 Å². The van der Waals surface area contributed by atoms with Crippen LogP contribution in [0.25, 0.3) is 32.8 Å². The van der Waals surface area contributed by atoms with Crippen molar-refractivity contribution in [1.82, 2.24) is 20.2 Å². The number of rotatable bonds is 5. The van der Waals surface area contributed by atoms with Crippen molar-refractivity contribution >= 4 is 27.5 Å². The molecule has 0 amide bonds. The molecule has 7 nitrogen and oxygen atoms in total. The first-order valence-electron chi connectivity index (χ1n) is 15.2. The Bertz CT molecular complexity index is 1760. The lowest BCUT2D eigenvalue weighted by molar-refractivity contribution is 0.107. The van der Waals surface area contributed by atoms with Gasteiger partial charge in [0.25, 0.3) is 0 Å². The molecule has 224 valence electrons. The predicted molar refractivity (Wildman–Crippen MR) is 160 cm³/mol. The summed E-state index contributed by atoms with van der Waals surface area (Å²) in [5, 5.41) is 15.4. The van der Waals surface area contributed by atoms with Crippen LogP contribution in [0.2, 0.25) is 0 Å². The average molecular weight is 590 g/mol. The van der Waals surface area contributed by atoms with Crippen LogP contribution in [0.5, 0.6) is 11.8 Å². The van der Waals surface area contributed by atoms with Crippen molar-refractivity contribution in [3.63, 3.8) is 0 Å². The van der Waals surface area contributed by atoms with Crippen molar-refractivity contribution in [3.8, 4) is 22.9 Å². The van der Waals surface area contributed by atoms with Crippen LogP contribution in [0.15, 0.2) is 36.4 Å². The first kappa shape index (κ1) is 27.0. The highest BCUT2D eigenvalue weighted by atomic mass is 19.1. The SMILES string of the molecule is Cc1cc2c(N3C[C@H]4CC[C@@H](C3)N4)nc(OC[C@@]34CCCN3C[C@H](F)C4)nc2c(F)c1-c1cc(O)cc2cccc(F)c12. The highest BCUT2D eigenvalue weighted by Crippen LogP contribution is 2.43. The zero-order chi connectivity index (χ0) is 29.5. The standard InChI is InChI=1S/C33H34F3N5O2/c1-18-10-25-30(29(36)27(18)24-12-23(42)11-19-4-2-5-26(35)28(19)24)38-32(39-31(25)40-15-21-6-7-22(16-40)37-21)43-17-33-8-3-9-41(33)14-20(34)13-33/h2,4-5,10-12,20-22,37,42H,3,6-9,13-17H2,1H3/t20-,21-,22+,33+/m1/s1. The van der Waals surface area contributed by atoms with E-state index in [0.29, 0.717) is 47.2 Å². The minimum atomic E-state index is -0.895. The van der Waals surface area contributed by atoms with E-state index in [-0.39, 0.29) is 40.4 Å². The van der Waals surface area contributed by atoms with Crippen LogP contribution in [0.3, 0.4) is 0 Å². The number of phenolic OH excluding ortho intramolecular Hbond substituents is 1. The summed E-state index contributed by atoms with van der Waals surface area (Å²) in [7, 11) is 0. The molecular weight excluding hydrogens is 555 g/mol. The molecule has 4 aromatic rings. The second kappa shape index (κ2) is 9.95. The summed E-state index contributed by atoms with van der Waals surface area (Å²) in [5.41, 5.74) is 0.688. The lowest BCUT2D eigenvalue weighted by Crippen LogP contribution is -2.51. The van der Waals surface area contributed by atoms with Gasteiger partial charge in [0.15, 0.2) is 5.82 Å². The maximum absolute atomic E-state index is 16.9. The van der Waals surface area contributed by atoms with E-state index in [2.05, 4.69) is 20.1 Å². The molecule has 2 bridgehead atoms. The van der Waals surface area contributed by atoms with Crippen LogP contribution in [-0.2, 0) is 0 Å². The maximum atomic E-state index is 16.9. The fourth-order valence-electron chi connectivity index (χ4n) is 8.14. The van der Waals surface area contributed by atoms with Gasteiger partial charge in [-0.1, -0.05) is 12.1 Å². The summed E-state index contributed by atoms with van der Waals surface area (Å²) in [6.45, 7) is 4.72. The average Bonchev–Trinajstić information content (AvgIpc) is 3.62. The first-order chi connectivity index (χ1) is 20.8. The minimum absolute atomic E-state index is 0.0533. The Kier molecular flexibility index (Phi) is 6.24. The Hall–Kier alpha value is -3.63. The number of aryl methyl sites for hydroxylation is 1. The van der Waals surface area contributed by atoms with Crippen molar-refractivity contribution in [3.05, 3.63) is 53.6 Å². The maximum Gasteiger partial charge on any atom is 0.319 e. The number of piperazine rings is 1. The fraction of sp³-hybridized carbons (Fsp3) is 0.455. The van der Waals surface area contributed by atoms with E-state index in [4.69, 9.17) is 9.72 Å². The van der Waals surface area contributed by atoms with Crippen LogP contribution in [0, 0.1) is 18.6 Å². The summed E-state index contributed by atoms with van der Waals surface area (Å²) in [4.78, 5) is 13.8. The van der Waals surface area contributed by atoms with Crippen molar-refractivity contribution in [2.75, 3.05) is 37.7 Å². The van der Waals surface area contributed by atoms with Gasteiger partial charge >= 0.3 is 6.01 Å². The Balaban J connectivity index is 1.28. The number of phenols is 1. The molecule has 4 aliphatic heterocycles. The molecule has 4 saturated heterocycles. The van der Waals surface area contributed by atoms with Crippen LogP contribution >= 0.6 is 0 Å².